The fourth-order valence-electron chi connectivity index (χ4n) is 3.69. The number of hydrogen-bond acceptors (Lipinski definition) is 5. The van der Waals surface area contributed by atoms with E-state index in [2.05, 4.69) is 4.72 Å². The van der Waals surface area contributed by atoms with E-state index >= 15 is 0 Å². The predicted molar refractivity (Wildman–Crippen MR) is 109 cm³/mol. The van der Waals surface area contributed by atoms with Gasteiger partial charge in [0, 0.05) is 5.56 Å². The van der Waals surface area contributed by atoms with Crippen molar-refractivity contribution in [3.63, 3.8) is 0 Å². The summed E-state index contributed by atoms with van der Waals surface area (Å²) >= 11 is 0. The molecule has 3 rings (SSSR count). The molecule has 1 saturated heterocycles. The Bertz CT molecular complexity index is 978. The summed E-state index contributed by atoms with van der Waals surface area (Å²) < 4.78 is 38.2. The van der Waals surface area contributed by atoms with E-state index in [1.54, 1.807) is 11.0 Å². The van der Waals surface area contributed by atoms with Gasteiger partial charge >= 0.3 is 0 Å². The minimum absolute atomic E-state index is 0.0680. The fourth-order valence-corrected chi connectivity index (χ4v) is 4.61. The third-order valence-corrected chi connectivity index (χ3v) is 6.64. The molecule has 8 heteroatoms. The van der Waals surface area contributed by atoms with Gasteiger partial charge in [-0.2, -0.15) is 0 Å². The van der Waals surface area contributed by atoms with Crippen LogP contribution in [-0.2, 0) is 14.8 Å². The summed E-state index contributed by atoms with van der Waals surface area (Å²) in [7, 11) is -1.07. The first-order chi connectivity index (χ1) is 13.8. The number of carbonyl (C=O) groups excluding carboxylic acids is 1. The number of carbonyl (C=O) groups is 1. The molecule has 0 aliphatic carbocycles. The second-order valence-corrected chi connectivity index (χ2v) is 8.89. The van der Waals surface area contributed by atoms with Crippen molar-refractivity contribution in [3.8, 4) is 5.75 Å². The Morgan fingerprint density at radius 3 is 2.48 bits per heavy atom. The number of benzene rings is 2. The molecule has 156 valence electrons. The van der Waals surface area contributed by atoms with Crippen LogP contribution in [0.3, 0.4) is 0 Å². The van der Waals surface area contributed by atoms with Crippen LogP contribution in [0.25, 0.3) is 0 Å². The first-order valence-electron chi connectivity index (χ1n) is 9.41. The van der Waals surface area contributed by atoms with Gasteiger partial charge in [-0.3, -0.25) is 4.79 Å². The molecule has 0 spiro atoms. The van der Waals surface area contributed by atoms with Gasteiger partial charge < -0.3 is 14.4 Å². The van der Waals surface area contributed by atoms with Crippen LogP contribution in [0.4, 0.5) is 0 Å². The first-order valence-corrected chi connectivity index (χ1v) is 10.9. The van der Waals surface area contributed by atoms with Crippen LogP contribution in [0.5, 0.6) is 5.75 Å². The van der Waals surface area contributed by atoms with Crippen LogP contribution < -0.4 is 9.46 Å². The van der Waals surface area contributed by atoms with Crippen LogP contribution in [0.1, 0.15) is 35.9 Å². The van der Waals surface area contributed by atoms with Gasteiger partial charge in [0.1, 0.15) is 16.7 Å². The third-order valence-electron chi connectivity index (χ3n) is 5.20. The van der Waals surface area contributed by atoms with Crippen LogP contribution >= 0.6 is 0 Å². The van der Waals surface area contributed by atoms with Crippen molar-refractivity contribution in [3.05, 3.63) is 59.7 Å². The van der Waals surface area contributed by atoms with Crippen molar-refractivity contribution in [2.75, 3.05) is 20.8 Å². The maximum Gasteiger partial charge on any atom is 0.254 e. The van der Waals surface area contributed by atoms with Crippen molar-refractivity contribution in [2.24, 2.45) is 0 Å². The molecule has 7 nitrogen and oxygen atoms in total. The van der Waals surface area contributed by atoms with Crippen molar-refractivity contribution in [1.29, 1.82) is 0 Å². The molecule has 1 aliphatic rings. The molecular formula is C21H26N2O5S. The lowest BCUT2D eigenvalue weighted by molar-refractivity contribution is -0.0806. The molecule has 0 saturated carbocycles. The van der Waals surface area contributed by atoms with Crippen LogP contribution in [-0.4, -0.2) is 52.1 Å². The largest absolute Gasteiger partial charge is 0.495 e. The lowest BCUT2D eigenvalue weighted by Gasteiger charge is -2.44. The Morgan fingerprint density at radius 1 is 1.17 bits per heavy atom. The van der Waals surface area contributed by atoms with Crippen molar-refractivity contribution in [1.82, 2.24) is 9.62 Å². The topological polar surface area (TPSA) is 84.9 Å². The van der Waals surface area contributed by atoms with E-state index in [0.717, 1.165) is 5.56 Å². The molecule has 1 heterocycles. The molecule has 3 unspecified atom stereocenters. The van der Waals surface area contributed by atoms with E-state index < -0.39 is 10.0 Å². The SMILES string of the molecule is CNS(=O)(=O)c1cc(C(=O)N2C(C)COC(c3ccccc3)C2C)ccc1OC. The standard InChI is InChI=1S/C21H26N2O5S/c1-14-13-28-20(16-8-6-5-7-9-16)15(2)23(14)21(24)17-10-11-18(27-4)19(12-17)29(25,26)22-3/h5-12,14-15,20,22H,13H2,1-4H3. The number of methoxy groups -OCH3 is 1. The lowest BCUT2D eigenvalue weighted by Crippen LogP contribution is -2.53. The molecule has 0 radical (unpaired) electrons. The molecule has 1 aliphatic heterocycles. The van der Waals surface area contributed by atoms with E-state index in [0.29, 0.717) is 6.61 Å². The van der Waals surface area contributed by atoms with E-state index in [1.807, 2.05) is 44.2 Å². The highest BCUT2D eigenvalue weighted by Gasteiger charge is 2.37. The van der Waals surface area contributed by atoms with Gasteiger partial charge in [0.2, 0.25) is 10.0 Å². The second kappa shape index (κ2) is 8.52. The van der Waals surface area contributed by atoms with Gasteiger partial charge in [-0.05, 0) is 44.7 Å². The van der Waals surface area contributed by atoms with Gasteiger partial charge in [-0.25, -0.2) is 13.1 Å². The molecule has 1 N–H and O–H groups in total. The maximum absolute atomic E-state index is 13.4. The Labute approximate surface area is 171 Å². The zero-order chi connectivity index (χ0) is 21.2. The molecule has 29 heavy (non-hydrogen) atoms. The first kappa shape index (κ1) is 21.3. The normalized spacial score (nSPS) is 22.3. The zero-order valence-electron chi connectivity index (χ0n) is 17.0. The van der Waals surface area contributed by atoms with Gasteiger partial charge in [0.15, 0.2) is 0 Å². The van der Waals surface area contributed by atoms with E-state index in [1.165, 1.54) is 26.3 Å². The highest BCUT2D eigenvalue weighted by molar-refractivity contribution is 7.89. The fraction of sp³-hybridized carbons (Fsp3) is 0.381. The molecule has 0 aromatic heterocycles. The van der Waals surface area contributed by atoms with Crippen molar-refractivity contribution in [2.45, 2.75) is 36.9 Å². The zero-order valence-corrected chi connectivity index (χ0v) is 17.8. The van der Waals surface area contributed by atoms with E-state index in [9.17, 15) is 13.2 Å². The highest BCUT2D eigenvalue weighted by atomic mass is 32.2. The average molecular weight is 419 g/mol. The molecule has 1 amide bonds. The maximum atomic E-state index is 13.4. The minimum atomic E-state index is -3.78. The Hall–Kier alpha value is -2.42. The summed E-state index contributed by atoms with van der Waals surface area (Å²) in [5.41, 5.74) is 1.28. The van der Waals surface area contributed by atoms with Crippen LogP contribution in [0, 0.1) is 0 Å². The van der Waals surface area contributed by atoms with Crippen LogP contribution in [0.2, 0.25) is 0 Å². The summed E-state index contributed by atoms with van der Waals surface area (Å²) in [6, 6.07) is 13.8. The van der Waals surface area contributed by atoms with E-state index in [-0.39, 0.29) is 40.3 Å². The summed E-state index contributed by atoms with van der Waals surface area (Å²) in [6.07, 6.45) is -0.255. The molecule has 3 atom stereocenters. The second-order valence-electron chi connectivity index (χ2n) is 7.04. The molecule has 2 aromatic rings. The van der Waals surface area contributed by atoms with Crippen LogP contribution in [0.15, 0.2) is 53.4 Å². The summed E-state index contributed by atoms with van der Waals surface area (Å²) in [4.78, 5) is 15.1. The summed E-state index contributed by atoms with van der Waals surface area (Å²) in [5, 5.41) is 0. The molecule has 1 fully saturated rings. The Balaban J connectivity index is 1.97. The smallest absolute Gasteiger partial charge is 0.254 e. The monoisotopic (exact) mass is 418 g/mol. The number of nitrogens with zero attached hydrogens (tertiary/aromatic N) is 1. The van der Waals surface area contributed by atoms with Gasteiger partial charge in [-0.15, -0.1) is 0 Å². The van der Waals surface area contributed by atoms with Gasteiger partial charge in [0.05, 0.1) is 25.8 Å². The van der Waals surface area contributed by atoms with Crippen molar-refractivity contribution < 1.29 is 22.7 Å². The lowest BCUT2D eigenvalue weighted by atomic mass is 9.97. The third kappa shape index (κ3) is 4.14. The number of sulfonamides is 1. The van der Waals surface area contributed by atoms with E-state index in [4.69, 9.17) is 9.47 Å². The number of nitrogens with one attached hydrogen (secondary N) is 1. The average Bonchev–Trinajstić information content (AvgIpc) is 2.73. The summed E-state index contributed by atoms with van der Waals surface area (Å²) in [5.74, 6) is -0.0643. The number of rotatable bonds is 5. The summed E-state index contributed by atoms with van der Waals surface area (Å²) in [6.45, 7) is 4.26. The Kier molecular flexibility index (Phi) is 6.26. The molecule has 2 aromatic carbocycles. The van der Waals surface area contributed by atoms with Crippen molar-refractivity contribution >= 4 is 15.9 Å². The number of ether oxygens (including phenoxy) is 2. The van der Waals surface area contributed by atoms with Gasteiger partial charge in [-0.1, -0.05) is 30.3 Å². The quantitative estimate of drug-likeness (QED) is 0.807. The number of morpholine rings is 1. The minimum Gasteiger partial charge on any atom is -0.495 e. The predicted octanol–water partition coefficient (Wildman–Crippen LogP) is 2.59. The number of hydrogen-bond donors (Lipinski definition) is 1. The molecule has 0 bridgehead atoms. The Morgan fingerprint density at radius 2 is 1.86 bits per heavy atom. The highest BCUT2D eigenvalue weighted by Crippen LogP contribution is 2.33. The number of amides is 1. The van der Waals surface area contributed by atoms with Gasteiger partial charge in [0.25, 0.3) is 5.91 Å². The molecular weight excluding hydrogens is 392 g/mol.